The molecule has 2 aromatic heterocycles. The van der Waals surface area contributed by atoms with Crippen LogP contribution < -0.4 is 15.0 Å². The third-order valence-corrected chi connectivity index (χ3v) is 5.67. The Morgan fingerprint density at radius 2 is 1.70 bits per heavy atom. The van der Waals surface area contributed by atoms with Crippen molar-refractivity contribution in [3.8, 4) is 34.0 Å². The number of halogens is 1. The number of thioether (sulfide) groups is 1. The van der Waals surface area contributed by atoms with Crippen LogP contribution in [0.4, 0.5) is 4.39 Å². The number of aromatic nitrogens is 3. The lowest BCUT2D eigenvalue weighted by Gasteiger charge is -2.12. The first-order chi connectivity index (χ1) is 16.0. The highest BCUT2D eigenvalue weighted by molar-refractivity contribution is 7.98. The minimum absolute atomic E-state index is 0.151. The topological polar surface area (TPSA) is 66.2 Å². The first kappa shape index (κ1) is 22.5. The van der Waals surface area contributed by atoms with Crippen molar-refractivity contribution < 1.29 is 13.9 Å². The molecule has 0 saturated heterocycles. The number of hydrogen-bond acceptors (Lipinski definition) is 6. The van der Waals surface area contributed by atoms with Crippen LogP contribution >= 0.6 is 11.8 Å². The van der Waals surface area contributed by atoms with Crippen LogP contribution in [0.2, 0.25) is 0 Å². The fourth-order valence-corrected chi connectivity index (χ4v) is 3.83. The number of hydrogen-bond donors (Lipinski definition) is 0. The van der Waals surface area contributed by atoms with Crippen LogP contribution in [-0.2, 0) is 6.54 Å². The van der Waals surface area contributed by atoms with Gasteiger partial charge in [0.15, 0.2) is 16.7 Å². The number of nitrogens with zero attached hydrogens (tertiary/aromatic N) is 3. The zero-order valence-corrected chi connectivity index (χ0v) is 19.2. The van der Waals surface area contributed by atoms with E-state index >= 15 is 0 Å². The molecule has 4 aromatic rings. The Morgan fingerprint density at radius 1 is 0.939 bits per heavy atom. The summed E-state index contributed by atoms with van der Waals surface area (Å²) in [5, 5.41) is 0.517. The zero-order chi connectivity index (χ0) is 23.4. The Bertz CT molecular complexity index is 1360. The molecule has 8 heteroatoms. The summed E-state index contributed by atoms with van der Waals surface area (Å²) in [5.74, 6) is 0.857. The highest BCUT2D eigenvalue weighted by Crippen LogP contribution is 2.29. The molecular formula is C25H22FN3O3S. The summed E-state index contributed by atoms with van der Waals surface area (Å²) in [4.78, 5) is 21.6. The van der Waals surface area contributed by atoms with Crippen molar-refractivity contribution >= 4 is 11.8 Å². The fraction of sp³-hybridized carbons (Fsp3) is 0.160. The van der Waals surface area contributed by atoms with E-state index < -0.39 is 0 Å². The lowest BCUT2D eigenvalue weighted by atomic mass is 10.1. The van der Waals surface area contributed by atoms with Gasteiger partial charge in [-0.25, -0.2) is 14.4 Å². The second-order valence-corrected chi connectivity index (χ2v) is 7.95. The van der Waals surface area contributed by atoms with Crippen molar-refractivity contribution in [3.63, 3.8) is 0 Å². The highest BCUT2D eigenvalue weighted by Gasteiger charge is 2.13. The summed E-state index contributed by atoms with van der Waals surface area (Å²) >= 11 is 1.37. The Morgan fingerprint density at radius 3 is 2.42 bits per heavy atom. The Kier molecular flexibility index (Phi) is 6.74. The summed E-state index contributed by atoms with van der Waals surface area (Å²) in [6.45, 7) is 0.341. The third-order valence-electron chi connectivity index (χ3n) is 5.12. The average molecular weight is 464 g/mol. The minimum atomic E-state index is -0.354. The molecule has 0 radical (unpaired) electrons. The molecule has 0 unspecified atom stereocenters. The van der Waals surface area contributed by atoms with Crippen molar-refractivity contribution in [3.05, 3.63) is 88.6 Å². The number of benzene rings is 2. The van der Waals surface area contributed by atoms with Crippen molar-refractivity contribution in [2.24, 2.45) is 0 Å². The maximum absolute atomic E-state index is 14.4. The first-order valence-electron chi connectivity index (χ1n) is 10.1. The van der Waals surface area contributed by atoms with Crippen LogP contribution in [0.25, 0.3) is 22.5 Å². The highest BCUT2D eigenvalue weighted by atomic mass is 32.2. The van der Waals surface area contributed by atoms with E-state index in [2.05, 4.69) is 9.97 Å². The van der Waals surface area contributed by atoms with Gasteiger partial charge in [-0.3, -0.25) is 4.79 Å². The molecule has 0 aliphatic rings. The van der Waals surface area contributed by atoms with Crippen molar-refractivity contribution in [1.29, 1.82) is 0 Å². The van der Waals surface area contributed by atoms with Crippen LogP contribution in [0, 0.1) is 5.82 Å². The van der Waals surface area contributed by atoms with Gasteiger partial charge in [-0.05, 0) is 48.2 Å². The van der Waals surface area contributed by atoms with Crippen molar-refractivity contribution in [2.45, 2.75) is 11.7 Å². The van der Waals surface area contributed by atoms with E-state index in [4.69, 9.17) is 9.47 Å². The molecule has 6 nitrogen and oxygen atoms in total. The molecule has 0 amide bonds. The average Bonchev–Trinajstić information content (AvgIpc) is 2.85. The van der Waals surface area contributed by atoms with E-state index in [0.717, 1.165) is 11.1 Å². The maximum atomic E-state index is 14.4. The van der Waals surface area contributed by atoms with Gasteiger partial charge in [-0.15, -0.1) is 0 Å². The van der Waals surface area contributed by atoms with E-state index in [9.17, 15) is 9.18 Å². The van der Waals surface area contributed by atoms with Gasteiger partial charge in [0.05, 0.1) is 32.2 Å². The molecule has 0 bridgehead atoms. The molecule has 0 N–H and O–H groups in total. The van der Waals surface area contributed by atoms with Gasteiger partial charge in [0, 0.05) is 23.4 Å². The molecule has 0 aliphatic carbocycles. The molecule has 4 rings (SSSR count). The summed E-state index contributed by atoms with van der Waals surface area (Å²) in [7, 11) is 3.14. The van der Waals surface area contributed by atoms with Crippen molar-refractivity contribution in [2.75, 3.05) is 20.5 Å². The zero-order valence-electron chi connectivity index (χ0n) is 18.4. The van der Waals surface area contributed by atoms with Gasteiger partial charge in [0.2, 0.25) is 0 Å². The van der Waals surface area contributed by atoms with Gasteiger partial charge in [-0.1, -0.05) is 30.0 Å². The van der Waals surface area contributed by atoms with Gasteiger partial charge in [-0.2, -0.15) is 0 Å². The van der Waals surface area contributed by atoms with Crippen LogP contribution in [0.5, 0.6) is 11.5 Å². The van der Waals surface area contributed by atoms with Crippen LogP contribution in [0.15, 0.2) is 76.8 Å². The largest absolute Gasteiger partial charge is 0.493 e. The number of methoxy groups -OCH3 is 2. The normalized spacial score (nSPS) is 10.8. The van der Waals surface area contributed by atoms with Crippen LogP contribution in [0.1, 0.15) is 5.56 Å². The van der Waals surface area contributed by atoms with Gasteiger partial charge < -0.3 is 14.0 Å². The minimum Gasteiger partial charge on any atom is -0.493 e. The number of rotatable bonds is 7. The van der Waals surface area contributed by atoms with E-state index in [1.807, 2.05) is 18.4 Å². The smallest absolute Gasteiger partial charge is 0.250 e. The predicted octanol–water partition coefficient (Wildman–Crippen LogP) is 4.90. The van der Waals surface area contributed by atoms with E-state index in [1.54, 1.807) is 61.4 Å². The summed E-state index contributed by atoms with van der Waals surface area (Å²) < 4.78 is 26.6. The summed E-state index contributed by atoms with van der Waals surface area (Å²) in [5.41, 5.74) is 2.95. The summed E-state index contributed by atoms with van der Waals surface area (Å²) in [6, 6.07) is 17.0. The van der Waals surface area contributed by atoms with Crippen molar-refractivity contribution in [1.82, 2.24) is 14.5 Å². The lowest BCUT2D eigenvalue weighted by molar-refractivity contribution is 0.354. The molecule has 168 valence electrons. The second kappa shape index (κ2) is 9.87. The fourth-order valence-electron chi connectivity index (χ4n) is 3.45. The maximum Gasteiger partial charge on any atom is 0.250 e. The van der Waals surface area contributed by atoms with E-state index in [0.29, 0.717) is 40.2 Å². The Balaban J connectivity index is 1.74. The number of ether oxygens (including phenoxy) is 2. The summed E-state index contributed by atoms with van der Waals surface area (Å²) in [6.07, 6.45) is 3.61. The molecule has 0 spiro atoms. The lowest BCUT2D eigenvalue weighted by Crippen LogP contribution is -2.19. The Labute approximate surface area is 195 Å². The molecule has 2 heterocycles. The first-order valence-corrected chi connectivity index (χ1v) is 11.3. The molecule has 0 atom stereocenters. The molecule has 33 heavy (non-hydrogen) atoms. The van der Waals surface area contributed by atoms with Gasteiger partial charge in [0.25, 0.3) is 5.56 Å². The van der Waals surface area contributed by atoms with Crippen LogP contribution in [-0.4, -0.2) is 35.0 Å². The molecule has 0 fully saturated rings. The SMILES string of the molecule is COc1ccc(Cn2cc(-c3cc(-c4ccccc4F)nc(SC)n3)ccc2=O)cc1OC. The monoisotopic (exact) mass is 463 g/mol. The predicted molar refractivity (Wildman–Crippen MR) is 128 cm³/mol. The quantitative estimate of drug-likeness (QED) is 0.287. The van der Waals surface area contributed by atoms with E-state index in [1.165, 1.54) is 23.9 Å². The molecular weight excluding hydrogens is 441 g/mol. The molecule has 2 aromatic carbocycles. The van der Waals surface area contributed by atoms with Crippen LogP contribution in [0.3, 0.4) is 0 Å². The molecule has 0 saturated carbocycles. The second-order valence-electron chi connectivity index (χ2n) is 7.18. The third kappa shape index (κ3) is 4.90. The molecule has 0 aliphatic heterocycles. The standard InChI is InChI=1S/C25H22FN3O3S/c1-31-22-10-8-16(12-23(22)32-2)14-29-15-17(9-11-24(29)30)20-13-21(28-25(27-20)33-3)18-6-4-5-7-19(18)26/h4-13,15H,14H2,1-3H3. The Hall–Kier alpha value is -3.65. The van der Waals surface area contributed by atoms with Gasteiger partial charge >= 0.3 is 0 Å². The number of pyridine rings is 1. The van der Waals surface area contributed by atoms with Gasteiger partial charge in [0.1, 0.15) is 5.82 Å². The van der Waals surface area contributed by atoms with E-state index in [-0.39, 0.29) is 11.4 Å².